The number of methoxy groups -OCH3 is 1. The minimum Gasteiger partial charge on any atom is -0.497 e. The van der Waals surface area contributed by atoms with Crippen LogP contribution in [0.15, 0.2) is 79.1 Å². The monoisotopic (exact) mass is 835 g/mol. The third-order valence-corrected chi connectivity index (χ3v) is 10.9. The molecular weight excluding hydrogens is 778 g/mol. The molecule has 3 atom stereocenters. The minimum absolute atomic E-state index is 0.0346. The molecule has 0 radical (unpaired) electrons. The van der Waals surface area contributed by atoms with Crippen LogP contribution in [0.2, 0.25) is 0 Å². The van der Waals surface area contributed by atoms with Crippen LogP contribution < -0.4 is 9.47 Å². The lowest BCUT2D eigenvalue weighted by Crippen LogP contribution is -2.54. The Hall–Kier alpha value is -5.85. The lowest BCUT2D eigenvalue weighted by molar-refractivity contribution is -0.153. The van der Waals surface area contributed by atoms with Gasteiger partial charge < -0.3 is 24.0 Å². The van der Waals surface area contributed by atoms with Crippen LogP contribution in [0.3, 0.4) is 0 Å². The number of halogens is 1. The molecule has 13 heteroatoms. The van der Waals surface area contributed by atoms with Gasteiger partial charge in [-0.15, -0.1) is 0 Å². The molecule has 0 aliphatic carbocycles. The van der Waals surface area contributed by atoms with Gasteiger partial charge in [0.05, 0.1) is 38.1 Å². The number of piperidine rings is 1. The summed E-state index contributed by atoms with van der Waals surface area (Å²) in [5, 5.41) is 0. The van der Waals surface area contributed by atoms with Crippen molar-refractivity contribution in [3.8, 4) is 22.9 Å². The van der Waals surface area contributed by atoms with E-state index in [2.05, 4.69) is 75.8 Å². The van der Waals surface area contributed by atoms with E-state index in [4.69, 9.17) is 14.2 Å². The van der Waals surface area contributed by atoms with Crippen molar-refractivity contribution in [2.24, 2.45) is 0 Å². The number of hydrogen-bond donors (Lipinski definition) is 0. The zero-order valence-electron chi connectivity index (χ0n) is 37.0. The van der Waals surface area contributed by atoms with Gasteiger partial charge in [-0.1, -0.05) is 53.7 Å². The third kappa shape index (κ3) is 10.7. The molecule has 7 rings (SSSR count). The van der Waals surface area contributed by atoms with E-state index in [1.54, 1.807) is 70.3 Å². The highest BCUT2D eigenvalue weighted by Crippen LogP contribution is 2.34. The zero-order valence-corrected chi connectivity index (χ0v) is 37.0. The first-order chi connectivity index (χ1) is 28.6. The summed E-state index contributed by atoms with van der Waals surface area (Å²) in [6.07, 6.45) is 1.26. The first-order valence-corrected chi connectivity index (χ1v) is 20.7. The summed E-state index contributed by atoms with van der Waals surface area (Å²) < 4.78 is 31.2. The van der Waals surface area contributed by atoms with E-state index in [1.807, 2.05) is 12.4 Å². The van der Waals surface area contributed by atoms with Crippen LogP contribution in [-0.4, -0.2) is 92.6 Å². The molecule has 2 aromatic heterocycles. The maximum Gasteiger partial charge on any atom is 0.410 e. The zero-order chi connectivity index (χ0) is 44.4. The Morgan fingerprint density at radius 3 is 1.93 bits per heavy atom. The van der Waals surface area contributed by atoms with Gasteiger partial charge >= 0.3 is 6.09 Å². The number of rotatable bonds is 7. The number of aromatic nitrogens is 2. The van der Waals surface area contributed by atoms with Crippen LogP contribution in [0, 0.1) is 0 Å². The van der Waals surface area contributed by atoms with Crippen molar-refractivity contribution in [2.75, 3.05) is 20.2 Å². The SMILES string of the molecule is CC(C)(C)c1ccnc(-c2cc(C(C)(C)C)ccn2)c1.COc1ccc(CN2C(=O)CC[C@@H](N3Cc4cc(O[C@@H]5CN(C(=O)OC(C)(C)C)C[C@H]5F)ccc4C3=O)C2=O)cc1. The lowest BCUT2D eigenvalue weighted by Gasteiger charge is -2.35. The highest BCUT2D eigenvalue weighted by atomic mass is 19.1. The molecule has 0 N–H and O–H groups in total. The number of carbonyl (C=O) groups is 4. The smallest absolute Gasteiger partial charge is 0.410 e. The Balaban J connectivity index is 0.000000260. The number of pyridine rings is 2. The third-order valence-electron chi connectivity index (χ3n) is 10.9. The summed E-state index contributed by atoms with van der Waals surface area (Å²) in [6, 6.07) is 19.7. The average Bonchev–Trinajstić information content (AvgIpc) is 3.73. The molecule has 2 saturated heterocycles. The quantitative estimate of drug-likeness (QED) is 0.168. The normalized spacial score (nSPS) is 19.4. The van der Waals surface area contributed by atoms with Crippen molar-refractivity contribution in [3.63, 3.8) is 0 Å². The fraction of sp³-hybridized carbons (Fsp3) is 0.458. The molecule has 2 fully saturated rings. The number of benzene rings is 2. The summed E-state index contributed by atoms with van der Waals surface area (Å²) in [6.45, 7) is 18.7. The molecule has 2 aromatic carbocycles. The summed E-state index contributed by atoms with van der Waals surface area (Å²) in [7, 11) is 1.56. The van der Waals surface area contributed by atoms with Gasteiger partial charge in [0.2, 0.25) is 5.91 Å². The maximum absolute atomic E-state index is 14.8. The predicted molar refractivity (Wildman–Crippen MR) is 230 cm³/mol. The van der Waals surface area contributed by atoms with Crippen LogP contribution in [0.1, 0.15) is 108 Å². The Bertz CT molecular complexity index is 2200. The summed E-state index contributed by atoms with van der Waals surface area (Å²) >= 11 is 0. The van der Waals surface area contributed by atoms with E-state index >= 15 is 0 Å². The van der Waals surface area contributed by atoms with Crippen LogP contribution in [0.5, 0.6) is 11.5 Å². The molecule has 61 heavy (non-hydrogen) atoms. The number of alkyl halides is 1. The number of carbonyl (C=O) groups excluding carboxylic acids is 4. The second kappa shape index (κ2) is 17.6. The van der Waals surface area contributed by atoms with Crippen molar-refractivity contribution in [2.45, 2.75) is 123 Å². The number of nitrogens with zero attached hydrogens (tertiary/aromatic N) is 5. The fourth-order valence-corrected chi connectivity index (χ4v) is 7.40. The molecule has 0 unspecified atom stereocenters. The first-order valence-electron chi connectivity index (χ1n) is 20.7. The number of ether oxygens (including phenoxy) is 3. The van der Waals surface area contributed by atoms with Gasteiger partial charge in [-0.25, -0.2) is 9.18 Å². The highest BCUT2D eigenvalue weighted by Gasteiger charge is 2.43. The lowest BCUT2D eigenvalue weighted by atomic mass is 9.86. The van der Waals surface area contributed by atoms with Crippen molar-refractivity contribution in [3.05, 3.63) is 107 Å². The molecule has 5 heterocycles. The van der Waals surface area contributed by atoms with E-state index in [1.165, 1.54) is 25.8 Å². The Morgan fingerprint density at radius 2 is 1.38 bits per heavy atom. The number of likely N-dealkylation sites (tertiary alicyclic amines) is 2. The molecule has 4 aromatic rings. The number of imide groups is 1. The second-order valence-electron chi connectivity index (χ2n) is 18.9. The summed E-state index contributed by atoms with van der Waals surface area (Å²) in [5.74, 6) is 0.0391. The average molecular weight is 836 g/mol. The van der Waals surface area contributed by atoms with E-state index in [0.29, 0.717) is 22.6 Å². The van der Waals surface area contributed by atoms with Gasteiger partial charge in [-0.2, -0.15) is 0 Å². The highest BCUT2D eigenvalue weighted by molar-refractivity contribution is 6.05. The molecule has 12 nitrogen and oxygen atoms in total. The van der Waals surface area contributed by atoms with Crippen molar-refractivity contribution < 1.29 is 37.8 Å². The van der Waals surface area contributed by atoms with Gasteiger partial charge in [-0.05, 0) is 115 Å². The molecule has 0 bridgehead atoms. The standard InChI is InChI=1S/C30H34FN3O7.C18H24N2/c1-30(2,3)41-29(38)32-16-23(31)25(17-32)40-21-9-10-22-19(13-21)15-33(27(22)36)24-11-12-26(35)34(28(24)37)14-18-5-7-20(39-4)8-6-18;1-17(2,3)13-7-9-19-15(11-13)16-12-14(8-10-20-16)18(4,5)6/h5-10,13,23-25H,11-12,14-17H2,1-4H3;7-12H,1-6H3/t23-,24-,25-;/m1./s1. The number of amides is 4. The van der Waals surface area contributed by atoms with Gasteiger partial charge in [0.25, 0.3) is 11.8 Å². The fourth-order valence-electron chi connectivity index (χ4n) is 7.40. The molecule has 3 aliphatic heterocycles. The van der Waals surface area contributed by atoms with E-state index in [0.717, 1.165) is 17.0 Å². The molecule has 0 spiro atoms. The number of fused-ring (bicyclic) bond motifs is 1. The van der Waals surface area contributed by atoms with E-state index in [9.17, 15) is 23.6 Å². The topological polar surface area (TPSA) is 131 Å². The van der Waals surface area contributed by atoms with Gasteiger partial charge in [0, 0.05) is 30.9 Å². The van der Waals surface area contributed by atoms with Gasteiger partial charge in [0.1, 0.15) is 29.2 Å². The van der Waals surface area contributed by atoms with E-state index in [-0.39, 0.29) is 61.7 Å². The van der Waals surface area contributed by atoms with Crippen LogP contribution in [-0.2, 0) is 38.2 Å². The van der Waals surface area contributed by atoms with Crippen molar-refractivity contribution >= 4 is 23.8 Å². The maximum atomic E-state index is 14.8. The van der Waals surface area contributed by atoms with Crippen LogP contribution in [0.4, 0.5) is 9.18 Å². The number of hydrogen-bond acceptors (Lipinski definition) is 9. The largest absolute Gasteiger partial charge is 0.497 e. The van der Waals surface area contributed by atoms with Crippen molar-refractivity contribution in [1.29, 1.82) is 0 Å². The molecular formula is C48H58FN5O7. The predicted octanol–water partition coefficient (Wildman–Crippen LogP) is 8.44. The first kappa shape index (κ1) is 44.7. The Morgan fingerprint density at radius 1 is 0.787 bits per heavy atom. The van der Waals surface area contributed by atoms with Crippen molar-refractivity contribution in [1.82, 2.24) is 24.7 Å². The van der Waals surface area contributed by atoms with E-state index < -0.39 is 35.9 Å². The molecule has 4 amide bonds. The molecule has 3 aliphatic rings. The molecule has 0 saturated carbocycles. The van der Waals surface area contributed by atoms with Crippen LogP contribution in [0.25, 0.3) is 11.4 Å². The minimum atomic E-state index is -1.40. The second-order valence-corrected chi connectivity index (χ2v) is 18.9. The Labute approximate surface area is 358 Å². The molecule has 324 valence electrons. The summed E-state index contributed by atoms with van der Waals surface area (Å²) in [5.41, 5.74) is 5.87. The summed E-state index contributed by atoms with van der Waals surface area (Å²) in [4.78, 5) is 64.7. The van der Waals surface area contributed by atoms with Gasteiger partial charge in [-0.3, -0.25) is 29.3 Å². The Kier molecular flexibility index (Phi) is 12.9. The van der Waals surface area contributed by atoms with Crippen LogP contribution >= 0.6 is 0 Å². The van der Waals surface area contributed by atoms with Gasteiger partial charge in [0.15, 0.2) is 6.17 Å².